The first-order valence-electron chi connectivity index (χ1n) is 4.83. The van der Waals surface area contributed by atoms with Crippen molar-refractivity contribution in [3.63, 3.8) is 0 Å². The van der Waals surface area contributed by atoms with Gasteiger partial charge in [-0.05, 0) is 18.3 Å². The maximum atomic E-state index is 5.75. The number of nitrogens with zero attached hydrogens (tertiary/aromatic N) is 1. The van der Waals surface area contributed by atoms with Gasteiger partial charge in [-0.25, -0.2) is 0 Å². The third kappa shape index (κ3) is 2.23. The molecule has 1 saturated carbocycles. The topological polar surface area (TPSA) is 38.4 Å². The minimum absolute atomic E-state index is 0.397. The number of amidine groups is 1. The van der Waals surface area contributed by atoms with Crippen LogP contribution in [0.3, 0.4) is 0 Å². The van der Waals surface area contributed by atoms with Gasteiger partial charge in [0.05, 0.1) is 5.84 Å². The Bertz CT molecular complexity index is 178. The Morgan fingerprint density at radius 2 is 2.08 bits per heavy atom. The summed E-state index contributed by atoms with van der Waals surface area (Å²) in [6, 6.07) is 0. The van der Waals surface area contributed by atoms with Gasteiger partial charge < -0.3 is 5.73 Å². The molecule has 0 aliphatic heterocycles. The lowest BCUT2D eigenvalue weighted by atomic mass is 9.70. The highest BCUT2D eigenvalue weighted by Crippen LogP contribution is 2.40. The highest BCUT2D eigenvalue weighted by molar-refractivity contribution is 5.82. The molecule has 1 rings (SSSR count). The van der Waals surface area contributed by atoms with E-state index in [4.69, 9.17) is 5.73 Å². The van der Waals surface area contributed by atoms with Crippen LogP contribution in [0, 0.1) is 11.3 Å². The predicted octanol–water partition coefficient (Wildman–Crippen LogP) is 2.19. The zero-order valence-corrected chi connectivity index (χ0v) is 8.43. The van der Waals surface area contributed by atoms with Gasteiger partial charge >= 0.3 is 0 Å². The van der Waals surface area contributed by atoms with Crippen molar-refractivity contribution in [1.29, 1.82) is 0 Å². The van der Waals surface area contributed by atoms with Crippen LogP contribution in [0.2, 0.25) is 0 Å². The lowest BCUT2D eigenvalue weighted by Crippen LogP contribution is -2.30. The summed E-state index contributed by atoms with van der Waals surface area (Å²) in [6.07, 6.45) is 4.01. The zero-order valence-electron chi connectivity index (χ0n) is 8.43. The first-order valence-corrected chi connectivity index (χ1v) is 4.83. The molecule has 0 saturated heterocycles. The second-order valence-electron chi connectivity index (χ2n) is 4.56. The first-order chi connectivity index (χ1) is 5.53. The van der Waals surface area contributed by atoms with Crippen molar-refractivity contribution >= 4 is 5.84 Å². The SMILES string of the molecule is CC(C)C(N)=NCC1(C)CCC1. The van der Waals surface area contributed by atoms with Gasteiger partial charge in [-0.1, -0.05) is 27.2 Å². The summed E-state index contributed by atoms with van der Waals surface area (Å²) < 4.78 is 0. The fourth-order valence-electron chi connectivity index (χ4n) is 1.40. The Morgan fingerprint density at radius 3 is 2.42 bits per heavy atom. The van der Waals surface area contributed by atoms with E-state index in [9.17, 15) is 0 Å². The minimum Gasteiger partial charge on any atom is -0.387 e. The Morgan fingerprint density at radius 1 is 1.50 bits per heavy atom. The first kappa shape index (κ1) is 9.56. The summed E-state index contributed by atoms with van der Waals surface area (Å²) in [5.74, 6) is 1.21. The van der Waals surface area contributed by atoms with Gasteiger partial charge in [0.1, 0.15) is 0 Å². The van der Waals surface area contributed by atoms with Crippen molar-refractivity contribution in [2.24, 2.45) is 22.1 Å². The van der Waals surface area contributed by atoms with Gasteiger partial charge in [0.2, 0.25) is 0 Å². The molecule has 0 aromatic rings. The van der Waals surface area contributed by atoms with Crippen molar-refractivity contribution in [1.82, 2.24) is 0 Å². The molecule has 2 nitrogen and oxygen atoms in total. The third-order valence-corrected chi connectivity index (χ3v) is 2.80. The number of aliphatic imine (C=N–C) groups is 1. The molecular formula is C10H20N2. The van der Waals surface area contributed by atoms with Gasteiger partial charge in [-0.3, -0.25) is 4.99 Å². The molecule has 1 fully saturated rings. The molecule has 1 aliphatic carbocycles. The molecule has 70 valence electrons. The predicted molar refractivity (Wildman–Crippen MR) is 53.3 cm³/mol. The number of rotatable bonds is 3. The summed E-state index contributed by atoms with van der Waals surface area (Å²) in [5.41, 5.74) is 6.22. The maximum absolute atomic E-state index is 5.75. The average molecular weight is 168 g/mol. The Balaban J connectivity index is 2.37. The Labute approximate surface area is 75.3 Å². The minimum atomic E-state index is 0.397. The van der Waals surface area contributed by atoms with Crippen LogP contribution < -0.4 is 5.73 Å². The molecule has 0 unspecified atom stereocenters. The van der Waals surface area contributed by atoms with E-state index >= 15 is 0 Å². The maximum Gasteiger partial charge on any atom is 0.0963 e. The second kappa shape index (κ2) is 3.46. The van der Waals surface area contributed by atoms with Gasteiger partial charge in [0, 0.05) is 12.5 Å². The van der Waals surface area contributed by atoms with Crippen molar-refractivity contribution < 1.29 is 0 Å². The molecule has 0 bridgehead atoms. The zero-order chi connectivity index (χ0) is 9.19. The lowest BCUT2D eigenvalue weighted by molar-refractivity contribution is 0.173. The van der Waals surface area contributed by atoms with E-state index in [0.29, 0.717) is 11.3 Å². The van der Waals surface area contributed by atoms with E-state index < -0.39 is 0 Å². The van der Waals surface area contributed by atoms with E-state index in [2.05, 4.69) is 25.8 Å². The van der Waals surface area contributed by atoms with Crippen molar-refractivity contribution in [3.05, 3.63) is 0 Å². The molecule has 0 aromatic carbocycles. The molecule has 1 aliphatic rings. The standard InChI is InChI=1S/C10H20N2/c1-8(2)9(11)12-7-10(3)5-4-6-10/h8H,4-7H2,1-3H3,(H2,11,12). The normalized spacial score (nSPS) is 22.5. The smallest absolute Gasteiger partial charge is 0.0963 e. The molecule has 2 heteroatoms. The van der Waals surface area contributed by atoms with E-state index in [1.165, 1.54) is 19.3 Å². The highest BCUT2D eigenvalue weighted by atomic mass is 14.9. The molecule has 2 N–H and O–H groups in total. The summed E-state index contributed by atoms with van der Waals surface area (Å²) in [7, 11) is 0. The highest BCUT2D eigenvalue weighted by Gasteiger charge is 2.31. The molecule has 12 heavy (non-hydrogen) atoms. The van der Waals surface area contributed by atoms with Crippen molar-refractivity contribution in [2.45, 2.75) is 40.0 Å². The molecule has 0 radical (unpaired) electrons. The molecule has 0 amide bonds. The molecular weight excluding hydrogens is 148 g/mol. The van der Waals surface area contributed by atoms with Gasteiger partial charge in [0.15, 0.2) is 0 Å². The van der Waals surface area contributed by atoms with Crippen LogP contribution in [0.4, 0.5) is 0 Å². The molecule has 0 atom stereocenters. The van der Waals surface area contributed by atoms with E-state index in [0.717, 1.165) is 12.4 Å². The van der Waals surface area contributed by atoms with Gasteiger partial charge in [0.25, 0.3) is 0 Å². The monoisotopic (exact) mass is 168 g/mol. The van der Waals surface area contributed by atoms with Crippen molar-refractivity contribution in [3.8, 4) is 0 Å². The molecule has 0 spiro atoms. The van der Waals surface area contributed by atoms with E-state index in [-0.39, 0.29) is 0 Å². The molecule has 0 aromatic heterocycles. The van der Waals surface area contributed by atoms with Crippen LogP contribution in [0.15, 0.2) is 4.99 Å². The summed E-state index contributed by atoms with van der Waals surface area (Å²) in [5, 5.41) is 0. The summed E-state index contributed by atoms with van der Waals surface area (Å²) in [4.78, 5) is 4.41. The van der Waals surface area contributed by atoms with E-state index in [1.54, 1.807) is 0 Å². The van der Waals surface area contributed by atoms with Crippen LogP contribution in [0.5, 0.6) is 0 Å². The van der Waals surface area contributed by atoms with Crippen LogP contribution in [0.25, 0.3) is 0 Å². The Kier molecular flexibility index (Phi) is 2.76. The second-order valence-corrected chi connectivity index (χ2v) is 4.56. The molecule has 0 heterocycles. The van der Waals surface area contributed by atoms with Crippen LogP contribution in [0.1, 0.15) is 40.0 Å². The third-order valence-electron chi connectivity index (χ3n) is 2.80. The van der Waals surface area contributed by atoms with Gasteiger partial charge in [-0.15, -0.1) is 0 Å². The largest absolute Gasteiger partial charge is 0.387 e. The fraction of sp³-hybridized carbons (Fsp3) is 0.900. The average Bonchev–Trinajstić information content (AvgIpc) is 1.96. The van der Waals surface area contributed by atoms with Crippen molar-refractivity contribution in [2.75, 3.05) is 6.54 Å². The van der Waals surface area contributed by atoms with Gasteiger partial charge in [-0.2, -0.15) is 0 Å². The number of hydrogen-bond donors (Lipinski definition) is 1. The fourth-order valence-corrected chi connectivity index (χ4v) is 1.40. The number of nitrogens with two attached hydrogens (primary N) is 1. The quantitative estimate of drug-likeness (QED) is 0.509. The summed E-state index contributed by atoms with van der Waals surface area (Å²) in [6.45, 7) is 7.40. The lowest BCUT2D eigenvalue weighted by Gasteiger charge is -2.37. The Hall–Kier alpha value is -0.530. The van der Waals surface area contributed by atoms with E-state index in [1.807, 2.05) is 0 Å². The van der Waals surface area contributed by atoms with Crippen LogP contribution >= 0.6 is 0 Å². The summed E-state index contributed by atoms with van der Waals surface area (Å²) >= 11 is 0. The van der Waals surface area contributed by atoms with Crippen LogP contribution in [-0.4, -0.2) is 12.4 Å². The van der Waals surface area contributed by atoms with Crippen LogP contribution in [-0.2, 0) is 0 Å². The number of hydrogen-bond acceptors (Lipinski definition) is 1.